The van der Waals surface area contributed by atoms with Gasteiger partial charge in [-0.05, 0) is 18.2 Å². The van der Waals surface area contributed by atoms with Crippen molar-refractivity contribution < 1.29 is 9.78 Å². The number of halogens is 4. The molecule has 0 spiro atoms. The largest absolute Gasteiger partial charge is 0.289 e. The Morgan fingerprint density at radius 3 is 2.22 bits per heavy atom. The van der Waals surface area contributed by atoms with Crippen molar-refractivity contribution in [1.29, 1.82) is 0 Å². The van der Waals surface area contributed by atoms with E-state index in [0.29, 0.717) is 31.6 Å². The van der Waals surface area contributed by atoms with Gasteiger partial charge in [-0.2, -0.15) is 0 Å². The lowest BCUT2D eigenvalue weighted by atomic mass is 10.0. The van der Waals surface area contributed by atoms with E-state index < -0.39 is 0 Å². The van der Waals surface area contributed by atoms with Crippen LogP contribution in [0.5, 0.6) is 11.5 Å². The molecule has 0 saturated heterocycles. The van der Waals surface area contributed by atoms with Gasteiger partial charge in [-0.3, -0.25) is 9.78 Å². The molecule has 0 saturated carbocycles. The minimum Gasteiger partial charge on any atom is -0.289 e. The van der Waals surface area contributed by atoms with Gasteiger partial charge in [0.25, 0.3) is 0 Å². The number of rotatable bonds is 0. The lowest BCUT2D eigenvalue weighted by Crippen LogP contribution is -2.08. The van der Waals surface area contributed by atoms with E-state index in [1.165, 1.54) is 0 Å². The maximum atomic E-state index is 6.05. The molecule has 0 amide bonds. The lowest BCUT2D eigenvalue weighted by molar-refractivity contribution is -0.102. The van der Waals surface area contributed by atoms with Crippen LogP contribution in [-0.2, 0) is 0 Å². The Balaban J connectivity index is 2.29. The average Bonchev–Trinajstić information content (AvgIpc) is 2.35. The fourth-order valence-electron chi connectivity index (χ4n) is 1.72. The molecule has 0 bridgehead atoms. The van der Waals surface area contributed by atoms with Gasteiger partial charge < -0.3 is 0 Å². The highest BCUT2D eigenvalue weighted by Gasteiger charge is 2.24. The van der Waals surface area contributed by atoms with Crippen LogP contribution < -0.4 is 9.78 Å². The number of fused-ring (bicyclic) bond motifs is 3. The molecule has 0 unspecified atom stereocenters. The van der Waals surface area contributed by atoms with E-state index in [0.717, 1.165) is 11.1 Å². The molecule has 6 heteroatoms. The molecule has 2 aromatic rings. The highest BCUT2D eigenvalue weighted by molar-refractivity contribution is 6.43. The average molecular weight is 322 g/mol. The first-order valence-electron chi connectivity index (χ1n) is 4.90. The van der Waals surface area contributed by atoms with Gasteiger partial charge in [-0.1, -0.05) is 46.4 Å². The van der Waals surface area contributed by atoms with Gasteiger partial charge in [0.2, 0.25) is 5.75 Å². The molecule has 0 radical (unpaired) electrons. The Morgan fingerprint density at radius 2 is 1.44 bits per heavy atom. The van der Waals surface area contributed by atoms with Crippen molar-refractivity contribution in [1.82, 2.24) is 0 Å². The van der Waals surface area contributed by atoms with Gasteiger partial charge in [-0.15, -0.1) is 0 Å². The zero-order chi connectivity index (χ0) is 12.9. The second-order valence-electron chi connectivity index (χ2n) is 3.67. The van der Waals surface area contributed by atoms with Crippen LogP contribution in [0.25, 0.3) is 11.1 Å². The van der Waals surface area contributed by atoms with E-state index in [2.05, 4.69) is 0 Å². The summed E-state index contributed by atoms with van der Waals surface area (Å²) in [6.45, 7) is 0. The summed E-state index contributed by atoms with van der Waals surface area (Å²) in [5.41, 5.74) is 1.51. The van der Waals surface area contributed by atoms with E-state index in [9.17, 15) is 0 Å². The van der Waals surface area contributed by atoms with Crippen LogP contribution in [0.3, 0.4) is 0 Å². The van der Waals surface area contributed by atoms with Crippen LogP contribution in [0.2, 0.25) is 20.1 Å². The van der Waals surface area contributed by atoms with E-state index in [1.54, 1.807) is 24.3 Å². The van der Waals surface area contributed by atoms with Crippen molar-refractivity contribution in [2.75, 3.05) is 0 Å². The molecule has 1 aliphatic heterocycles. The summed E-state index contributed by atoms with van der Waals surface area (Å²) in [5.74, 6) is 0.852. The molecule has 0 aromatic heterocycles. The first kappa shape index (κ1) is 12.2. The number of benzene rings is 2. The molecule has 2 aromatic carbocycles. The minimum absolute atomic E-state index is 0.297. The zero-order valence-corrected chi connectivity index (χ0v) is 11.7. The Kier molecular flexibility index (Phi) is 2.99. The Labute approximate surface area is 123 Å². The van der Waals surface area contributed by atoms with Crippen LogP contribution in [-0.4, -0.2) is 0 Å². The third kappa shape index (κ3) is 1.81. The topological polar surface area (TPSA) is 18.5 Å². The number of hydrogen-bond acceptors (Lipinski definition) is 2. The summed E-state index contributed by atoms with van der Waals surface area (Å²) in [6, 6.07) is 6.76. The van der Waals surface area contributed by atoms with Crippen LogP contribution in [0.15, 0.2) is 24.3 Å². The molecule has 3 rings (SSSR count). The summed E-state index contributed by atoms with van der Waals surface area (Å²) in [5, 5.41) is 1.51. The van der Waals surface area contributed by atoms with Gasteiger partial charge >= 0.3 is 0 Å². The van der Waals surface area contributed by atoms with Gasteiger partial charge in [0.15, 0.2) is 5.75 Å². The smallest absolute Gasteiger partial charge is 0.206 e. The highest BCUT2D eigenvalue weighted by Crippen LogP contribution is 2.48. The molecule has 1 heterocycles. The SMILES string of the molecule is Clc1cc2c(cc1Cl)-c1ccc(Cl)c(Cl)c1OO2. The van der Waals surface area contributed by atoms with E-state index in [4.69, 9.17) is 56.2 Å². The van der Waals surface area contributed by atoms with Gasteiger partial charge in [0.05, 0.1) is 15.1 Å². The molecule has 0 N–H and O–H groups in total. The third-order valence-electron chi connectivity index (χ3n) is 2.58. The van der Waals surface area contributed by atoms with E-state index in [-0.39, 0.29) is 0 Å². The van der Waals surface area contributed by atoms with Crippen molar-refractivity contribution in [3.63, 3.8) is 0 Å². The van der Waals surface area contributed by atoms with E-state index in [1.807, 2.05) is 0 Å². The monoisotopic (exact) mass is 320 g/mol. The second kappa shape index (κ2) is 4.39. The molecule has 0 fully saturated rings. The Hall–Kier alpha value is -0.800. The summed E-state index contributed by atoms with van der Waals surface area (Å²) in [4.78, 5) is 10.3. The maximum Gasteiger partial charge on any atom is 0.206 e. The first-order chi connectivity index (χ1) is 8.58. The minimum atomic E-state index is 0.297. The van der Waals surface area contributed by atoms with Gasteiger partial charge in [-0.25, -0.2) is 0 Å². The molecular formula is C12H4Cl4O2. The maximum absolute atomic E-state index is 6.05. The first-order valence-corrected chi connectivity index (χ1v) is 6.41. The van der Waals surface area contributed by atoms with Crippen LogP contribution in [0.1, 0.15) is 0 Å². The predicted molar refractivity (Wildman–Crippen MR) is 73.2 cm³/mol. The van der Waals surface area contributed by atoms with Gasteiger partial charge in [0, 0.05) is 17.2 Å². The normalized spacial score (nSPS) is 12.2. The molecule has 92 valence electrons. The molecular weight excluding hydrogens is 318 g/mol. The fraction of sp³-hybridized carbons (Fsp3) is 0. The second-order valence-corrected chi connectivity index (χ2v) is 5.27. The van der Waals surface area contributed by atoms with Crippen molar-refractivity contribution in [3.05, 3.63) is 44.4 Å². The lowest BCUT2D eigenvalue weighted by Gasteiger charge is -2.20. The Morgan fingerprint density at radius 1 is 0.722 bits per heavy atom. The molecule has 2 nitrogen and oxygen atoms in total. The van der Waals surface area contributed by atoms with Crippen molar-refractivity contribution in [2.45, 2.75) is 0 Å². The highest BCUT2D eigenvalue weighted by atomic mass is 35.5. The van der Waals surface area contributed by atoms with Gasteiger partial charge in [0.1, 0.15) is 5.02 Å². The zero-order valence-electron chi connectivity index (χ0n) is 8.64. The molecule has 18 heavy (non-hydrogen) atoms. The summed E-state index contributed by atoms with van der Waals surface area (Å²) >= 11 is 23.9. The molecule has 0 aliphatic carbocycles. The summed E-state index contributed by atoms with van der Waals surface area (Å²) in [6.07, 6.45) is 0. The van der Waals surface area contributed by atoms with E-state index >= 15 is 0 Å². The number of hydrogen-bond donors (Lipinski definition) is 0. The van der Waals surface area contributed by atoms with Crippen LogP contribution in [0.4, 0.5) is 0 Å². The van der Waals surface area contributed by atoms with Crippen LogP contribution >= 0.6 is 46.4 Å². The molecule has 0 atom stereocenters. The summed E-state index contributed by atoms with van der Waals surface area (Å²) < 4.78 is 0. The summed E-state index contributed by atoms with van der Waals surface area (Å²) in [7, 11) is 0. The quantitative estimate of drug-likeness (QED) is 0.583. The Bertz CT molecular complexity index is 655. The standard InChI is InChI=1S/C12H4Cl4O2/c13-7-2-1-5-6-3-8(14)9(15)4-10(6)17-18-12(5)11(7)16/h1-4H. The van der Waals surface area contributed by atoms with Crippen molar-refractivity contribution >= 4 is 46.4 Å². The molecule has 1 aliphatic rings. The fourth-order valence-corrected chi connectivity index (χ4v) is 2.38. The van der Waals surface area contributed by atoms with Crippen LogP contribution in [0, 0.1) is 0 Å². The van der Waals surface area contributed by atoms with Crippen molar-refractivity contribution in [2.24, 2.45) is 0 Å². The van der Waals surface area contributed by atoms with Crippen molar-refractivity contribution in [3.8, 4) is 22.6 Å². The predicted octanol–water partition coefficient (Wildman–Crippen LogP) is 5.65. The third-order valence-corrected chi connectivity index (χ3v) is 4.09.